The molecule has 2 N–H and O–H groups in total. The molecule has 0 fully saturated rings. The van der Waals surface area contributed by atoms with Gasteiger partial charge in [-0.25, -0.2) is 0 Å². The van der Waals surface area contributed by atoms with Crippen LogP contribution < -0.4 is 10.6 Å². The summed E-state index contributed by atoms with van der Waals surface area (Å²) in [6, 6.07) is 18.6. The summed E-state index contributed by atoms with van der Waals surface area (Å²) in [5, 5.41) is 14.7. The van der Waals surface area contributed by atoms with Gasteiger partial charge in [-0.2, -0.15) is 0 Å². The van der Waals surface area contributed by atoms with E-state index in [0.717, 1.165) is 16.8 Å². The number of rotatable bonds is 5. The van der Waals surface area contributed by atoms with Gasteiger partial charge in [0.15, 0.2) is 11.6 Å². The number of hydrogen-bond donors (Lipinski definition) is 2. The van der Waals surface area contributed by atoms with Gasteiger partial charge in [-0.1, -0.05) is 48.0 Å². The Balaban J connectivity index is 1.62. The molecule has 0 saturated carbocycles. The number of carbonyl (C=O) groups is 1. The van der Waals surface area contributed by atoms with Crippen molar-refractivity contribution in [3.63, 3.8) is 0 Å². The lowest BCUT2D eigenvalue weighted by Gasteiger charge is -2.09. The molecule has 0 radical (unpaired) electrons. The van der Waals surface area contributed by atoms with Gasteiger partial charge >= 0.3 is 0 Å². The lowest BCUT2D eigenvalue weighted by Crippen LogP contribution is -2.15. The molecule has 1 aromatic heterocycles. The number of amides is 1. The van der Waals surface area contributed by atoms with Gasteiger partial charge in [0.2, 0.25) is 5.91 Å². The van der Waals surface area contributed by atoms with E-state index in [9.17, 15) is 4.79 Å². The number of aromatic nitrogens is 2. The molecule has 0 spiro atoms. The first-order chi connectivity index (χ1) is 12.1. The van der Waals surface area contributed by atoms with Gasteiger partial charge in [0.25, 0.3) is 0 Å². The highest BCUT2D eigenvalue weighted by atomic mass is 35.5. The number of halogens is 1. The van der Waals surface area contributed by atoms with Crippen LogP contribution in [0, 0.1) is 6.92 Å². The zero-order valence-electron chi connectivity index (χ0n) is 13.7. The van der Waals surface area contributed by atoms with Gasteiger partial charge in [0.1, 0.15) is 0 Å². The topological polar surface area (TPSA) is 66.9 Å². The number of anilines is 3. The third-order valence-corrected chi connectivity index (χ3v) is 3.84. The Labute approximate surface area is 151 Å². The van der Waals surface area contributed by atoms with E-state index < -0.39 is 0 Å². The zero-order valence-corrected chi connectivity index (χ0v) is 14.4. The van der Waals surface area contributed by atoms with Gasteiger partial charge in [0.05, 0.1) is 6.42 Å². The van der Waals surface area contributed by atoms with Crippen LogP contribution in [0.25, 0.3) is 0 Å². The fourth-order valence-corrected chi connectivity index (χ4v) is 2.47. The second-order valence-corrected chi connectivity index (χ2v) is 6.04. The Morgan fingerprint density at radius 3 is 2.44 bits per heavy atom. The zero-order chi connectivity index (χ0) is 17.6. The second-order valence-electron chi connectivity index (χ2n) is 5.60. The Bertz CT molecular complexity index is 866. The predicted molar refractivity (Wildman–Crippen MR) is 100 cm³/mol. The van der Waals surface area contributed by atoms with E-state index >= 15 is 0 Å². The van der Waals surface area contributed by atoms with Crippen LogP contribution in [0.15, 0.2) is 60.7 Å². The Hall–Kier alpha value is -2.92. The lowest BCUT2D eigenvalue weighted by molar-refractivity contribution is -0.115. The molecule has 1 heterocycles. The molecular weight excluding hydrogens is 336 g/mol. The van der Waals surface area contributed by atoms with E-state index in [1.54, 1.807) is 12.1 Å². The number of aryl methyl sites for hydroxylation is 1. The third kappa shape index (κ3) is 4.78. The highest BCUT2D eigenvalue weighted by Gasteiger charge is 2.06. The molecular formula is C19H17ClN4O. The molecule has 0 saturated heterocycles. The van der Waals surface area contributed by atoms with Crippen LogP contribution in [0.3, 0.4) is 0 Å². The molecule has 25 heavy (non-hydrogen) atoms. The molecule has 6 heteroatoms. The van der Waals surface area contributed by atoms with Crippen LogP contribution >= 0.6 is 11.6 Å². The van der Waals surface area contributed by atoms with Crippen molar-refractivity contribution in [3.05, 3.63) is 76.8 Å². The first-order valence-electron chi connectivity index (χ1n) is 7.81. The maximum atomic E-state index is 12.0. The fraction of sp³-hybridized carbons (Fsp3) is 0.105. The summed E-state index contributed by atoms with van der Waals surface area (Å²) in [6.45, 7) is 1.98. The van der Waals surface area contributed by atoms with Crippen LogP contribution in [-0.2, 0) is 11.2 Å². The SMILES string of the molecule is Cc1ccc(Cl)cc1Nc1ccc(NC(=O)Cc2ccccc2)nn1. The summed E-state index contributed by atoms with van der Waals surface area (Å²) in [6.07, 6.45) is 0.296. The molecule has 1 amide bonds. The molecule has 0 aliphatic rings. The molecule has 126 valence electrons. The first kappa shape index (κ1) is 16.9. The van der Waals surface area contributed by atoms with Crippen molar-refractivity contribution in [1.29, 1.82) is 0 Å². The van der Waals surface area contributed by atoms with E-state index in [0.29, 0.717) is 23.1 Å². The number of carbonyl (C=O) groups excluding carboxylic acids is 1. The maximum absolute atomic E-state index is 12.0. The molecule has 0 aliphatic heterocycles. The molecule has 0 atom stereocenters. The van der Waals surface area contributed by atoms with Crippen LogP contribution in [0.4, 0.5) is 17.3 Å². The third-order valence-electron chi connectivity index (χ3n) is 3.60. The quantitative estimate of drug-likeness (QED) is 0.715. The average molecular weight is 353 g/mol. The minimum atomic E-state index is -0.133. The molecule has 3 aromatic rings. The van der Waals surface area contributed by atoms with Crippen molar-refractivity contribution >= 4 is 34.8 Å². The average Bonchev–Trinajstić information content (AvgIpc) is 2.61. The van der Waals surface area contributed by atoms with E-state index in [1.165, 1.54) is 0 Å². The monoisotopic (exact) mass is 352 g/mol. The van der Waals surface area contributed by atoms with Crippen molar-refractivity contribution in [1.82, 2.24) is 10.2 Å². The minimum absolute atomic E-state index is 0.133. The first-order valence-corrected chi connectivity index (χ1v) is 8.18. The summed E-state index contributed by atoms with van der Waals surface area (Å²) in [7, 11) is 0. The van der Waals surface area contributed by atoms with Crippen LogP contribution in [-0.4, -0.2) is 16.1 Å². The normalized spacial score (nSPS) is 10.3. The molecule has 0 bridgehead atoms. The summed E-state index contributed by atoms with van der Waals surface area (Å²) >= 11 is 6.01. The number of nitrogens with zero attached hydrogens (tertiary/aromatic N) is 2. The van der Waals surface area contributed by atoms with E-state index in [1.807, 2.05) is 55.5 Å². The van der Waals surface area contributed by atoms with Gasteiger partial charge in [0, 0.05) is 10.7 Å². The predicted octanol–water partition coefficient (Wildman–Crippen LogP) is 4.36. The molecule has 2 aromatic carbocycles. The van der Waals surface area contributed by atoms with Gasteiger partial charge in [-0.05, 0) is 42.3 Å². The smallest absolute Gasteiger partial charge is 0.229 e. The molecule has 3 rings (SSSR count). The molecule has 0 aliphatic carbocycles. The Morgan fingerprint density at radius 1 is 1.00 bits per heavy atom. The second kappa shape index (κ2) is 7.77. The standard InChI is InChI=1S/C19H17ClN4O/c1-13-7-8-15(20)12-16(13)21-17-9-10-18(24-23-17)22-19(25)11-14-5-3-2-4-6-14/h2-10,12H,11H2,1H3,(H,21,23)(H,22,24,25). The minimum Gasteiger partial charge on any atom is -0.338 e. The van der Waals surface area contributed by atoms with Gasteiger partial charge < -0.3 is 10.6 Å². The molecule has 5 nitrogen and oxygen atoms in total. The van der Waals surface area contributed by atoms with Crippen molar-refractivity contribution in [2.45, 2.75) is 13.3 Å². The highest BCUT2D eigenvalue weighted by Crippen LogP contribution is 2.23. The maximum Gasteiger partial charge on any atom is 0.229 e. The van der Waals surface area contributed by atoms with E-state index in [4.69, 9.17) is 11.6 Å². The summed E-state index contributed by atoms with van der Waals surface area (Å²) in [5.74, 6) is 0.854. The van der Waals surface area contributed by atoms with Gasteiger partial charge in [-0.3, -0.25) is 4.79 Å². The van der Waals surface area contributed by atoms with Crippen molar-refractivity contribution in [3.8, 4) is 0 Å². The largest absolute Gasteiger partial charge is 0.338 e. The summed E-state index contributed by atoms with van der Waals surface area (Å²) in [5.41, 5.74) is 2.86. The van der Waals surface area contributed by atoms with Gasteiger partial charge in [-0.15, -0.1) is 10.2 Å². The fourth-order valence-electron chi connectivity index (χ4n) is 2.30. The van der Waals surface area contributed by atoms with Crippen LogP contribution in [0.5, 0.6) is 0 Å². The highest BCUT2D eigenvalue weighted by molar-refractivity contribution is 6.30. The summed E-state index contributed by atoms with van der Waals surface area (Å²) in [4.78, 5) is 12.0. The van der Waals surface area contributed by atoms with Crippen molar-refractivity contribution < 1.29 is 4.79 Å². The number of nitrogens with one attached hydrogen (secondary N) is 2. The van der Waals surface area contributed by atoms with E-state index in [2.05, 4.69) is 20.8 Å². The molecule has 0 unspecified atom stereocenters. The lowest BCUT2D eigenvalue weighted by atomic mass is 10.1. The number of benzene rings is 2. The van der Waals surface area contributed by atoms with Crippen LogP contribution in [0.2, 0.25) is 5.02 Å². The Morgan fingerprint density at radius 2 is 1.72 bits per heavy atom. The summed E-state index contributed by atoms with van der Waals surface area (Å²) < 4.78 is 0. The Kier molecular flexibility index (Phi) is 5.26. The van der Waals surface area contributed by atoms with Crippen molar-refractivity contribution in [2.24, 2.45) is 0 Å². The van der Waals surface area contributed by atoms with Crippen LogP contribution in [0.1, 0.15) is 11.1 Å². The van der Waals surface area contributed by atoms with Crippen molar-refractivity contribution in [2.75, 3.05) is 10.6 Å². The van der Waals surface area contributed by atoms with E-state index in [-0.39, 0.29) is 5.91 Å². The number of hydrogen-bond acceptors (Lipinski definition) is 4.